The normalized spacial score (nSPS) is 11.4. The molecule has 1 atom stereocenters. The van der Waals surface area contributed by atoms with E-state index in [4.69, 9.17) is 10.9 Å². The molecule has 0 radical (unpaired) electrons. The maximum atomic E-state index is 12.2. The predicted molar refractivity (Wildman–Crippen MR) is 116 cm³/mol. The molecular formula is C23H28N4O3. The minimum absolute atomic E-state index is 0.131. The van der Waals surface area contributed by atoms with Gasteiger partial charge in [0.25, 0.3) is 11.8 Å². The standard InChI is InChI=1S/C23H28N4O3/c1-16(2)14-25-15-19-7-5-17(6-8-19)3-4-18-9-11-20(12-10-18)22(28)26-21(13-24)23(29)27-30/h5-12,16,21,25,30H,13-15,24H2,1-2H3,(H,26,28)(H,27,29)/t21-/m0/s1. The van der Waals surface area contributed by atoms with Crippen LogP contribution in [0.2, 0.25) is 0 Å². The van der Waals surface area contributed by atoms with Gasteiger partial charge in [0.2, 0.25) is 0 Å². The smallest absolute Gasteiger partial charge is 0.267 e. The molecule has 30 heavy (non-hydrogen) atoms. The summed E-state index contributed by atoms with van der Waals surface area (Å²) < 4.78 is 0. The Morgan fingerprint density at radius 2 is 1.57 bits per heavy atom. The number of hydroxylamine groups is 1. The van der Waals surface area contributed by atoms with Crippen molar-refractivity contribution in [3.8, 4) is 11.8 Å². The van der Waals surface area contributed by atoms with Crippen LogP contribution in [-0.2, 0) is 11.3 Å². The van der Waals surface area contributed by atoms with Gasteiger partial charge in [0.15, 0.2) is 0 Å². The predicted octanol–water partition coefficient (Wildman–Crippen LogP) is 1.39. The van der Waals surface area contributed by atoms with Gasteiger partial charge in [-0.3, -0.25) is 14.8 Å². The highest BCUT2D eigenvalue weighted by Gasteiger charge is 2.19. The largest absolute Gasteiger partial charge is 0.339 e. The molecule has 0 saturated carbocycles. The van der Waals surface area contributed by atoms with Crippen molar-refractivity contribution in [1.29, 1.82) is 0 Å². The van der Waals surface area contributed by atoms with Gasteiger partial charge in [-0.2, -0.15) is 0 Å². The lowest BCUT2D eigenvalue weighted by atomic mass is 10.1. The third-order valence-corrected chi connectivity index (χ3v) is 4.30. The van der Waals surface area contributed by atoms with Crippen LogP contribution in [0.25, 0.3) is 0 Å². The highest BCUT2D eigenvalue weighted by atomic mass is 16.5. The summed E-state index contributed by atoms with van der Waals surface area (Å²) in [5, 5.41) is 14.5. The van der Waals surface area contributed by atoms with Gasteiger partial charge in [-0.15, -0.1) is 0 Å². The highest BCUT2D eigenvalue weighted by molar-refractivity contribution is 5.97. The summed E-state index contributed by atoms with van der Waals surface area (Å²) >= 11 is 0. The Labute approximate surface area is 177 Å². The molecule has 0 saturated heterocycles. The van der Waals surface area contributed by atoms with Crippen molar-refractivity contribution in [3.63, 3.8) is 0 Å². The molecule has 2 aromatic carbocycles. The van der Waals surface area contributed by atoms with Crippen LogP contribution in [0, 0.1) is 17.8 Å². The molecule has 7 heteroatoms. The highest BCUT2D eigenvalue weighted by Crippen LogP contribution is 2.06. The fourth-order valence-electron chi connectivity index (χ4n) is 2.61. The van der Waals surface area contributed by atoms with Crippen molar-refractivity contribution in [2.75, 3.05) is 13.1 Å². The molecule has 0 fully saturated rings. The van der Waals surface area contributed by atoms with E-state index in [0.29, 0.717) is 11.5 Å². The van der Waals surface area contributed by atoms with Crippen LogP contribution in [0.3, 0.4) is 0 Å². The minimum Gasteiger partial charge on any atom is -0.339 e. The first kappa shape index (κ1) is 23.1. The van der Waals surface area contributed by atoms with E-state index in [2.05, 4.69) is 48.5 Å². The number of nitrogens with two attached hydrogens (primary N) is 1. The molecule has 0 aliphatic carbocycles. The number of nitrogens with one attached hydrogen (secondary N) is 3. The van der Waals surface area contributed by atoms with Gasteiger partial charge >= 0.3 is 0 Å². The molecule has 158 valence electrons. The van der Waals surface area contributed by atoms with Gasteiger partial charge in [0.05, 0.1) is 0 Å². The van der Waals surface area contributed by atoms with Crippen LogP contribution >= 0.6 is 0 Å². The van der Waals surface area contributed by atoms with Gasteiger partial charge in [-0.1, -0.05) is 37.8 Å². The Morgan fingerprint density at radius 1 is 1.00 bits per heavy atom. The average molecular weight is 409 g/mol. The third-order valence-electron chi connectivity index (χ3n) is 4.30. The molecule has 0 bridgehead atoms. The maximum Gasteiger partial charge on any atom is 0.267 e. The van der Waals surface area contributed by atoms with Gasteiger partial charge in [0, 0.05) is 29.8 Å². The Hall–Kier alpha value is -3.18. The number of carbonyl (C=O) groups excluding carboxylic acids is 2. The zero-order valence-electron chi connectivity index (χ0n) is 17.2. The summed E-state index contributed by atoms with van der Waals surface area (Å²) in [6.07, 6.45) is 0. The van der Waals surface area contributed by atoms with Crippen molar-refractivity contribution in [1.82, 2.24) is 16.1 Å². The summed E-state index contributed by atoms with van der Waals surface area (Å²) in [7, 11) is 0. The van der Waals surface area contributed by atoms with Gasteiger partial charge in [-0.05, 0) is 54.4 Å². The zero-order chi connectivity index (χ0) is 21.9. The first-order valence-corrected chi connectivity index (χ1v) is 9.79. The third kappa shape index (κ3) is 7.33. The number of amides is 2. The summed E-state index contributed by atoms with van der Waals surface area (Å²) in [4.78, 5) is 23.6. The number of hydrogen-bond donors (Lipinski definition) is 5. The molecule has 0 heterocycles. The van der Waals surface area contributed by atoms with E-state index in [0.717, 1.165) is 24.2 Å². The lowest BCUT2D eigenvalue weighted by molar-refractivity contribution is -0.130. The number of rotatable bonds is 8. The van der Waals surface area contributed by atoms with Crippen LogP contribution in [0.4, 0.5) is 0 Å². The van der Waals surface area contributed by atoms with Crippen molar-refractivity contribution >= 4 is 11.8 Å². The zero-order valence-corrected chi connectivity index (χ0v) is 17.2. The van der Waals surface area contributed by atoms with E-state index >= 15 is 0 Å². The van der Waals surface area contributed by atoms with Crippen LogP contribution in [0.1, 0.15) is 40.9 Å². The van der Waals surface area contributed by atoms with E-state index in [1.807, 2.05) is 12.1 Å². The van der Waals surface area contributed by atoms with E-state index in [-0.39, 0.29) is 6.54 Å². The number of benzene rings is 2. The minimum atomic E-state index is -1.01. The fourth-order valence-corrected chi connectivity index (χ4v) is 2.61. The second-order valence-electron chi connectivity index (χ2n) is 7.29. The molecule has 6 N–H and O–H groups in total. The summed E-state index contributed by atoms with van der Waals surface area (Å²) in [5.74, 6) is 5.57. The van der Waals surface area contributed by atoms with Gasteiger partial charge < -0.3 is 16.4 Å². The van der Waals surface area contributed by atoms with Crippen LogP contribution in [0.5, 0.6) is 0 Å². The molecule has 0 aliphatic rings. The molecule has 0 aliphatic heterocycles. The first-order valence-electron chi connectivity index (χ1n) is 9.79. The Bertz CT molecular complexity index is 897. The summed E-state index contributed by atoms with van der Waals surface area (Å²) in [6, 6.07) is 13.8. The second-order valence-corrected chi connectivity index (χ2v) is 7.29. The molecule has 2 rings (SSSR count). The quantitative estimate of drug-likeness (QED) is 0.257. The van der Waals surface area contributed by atoms with Crippen LogP contribution < -0.4 is 21.8 Å². The average Bonchev–Trinajstić information content (AvgIpc) is 2.76. The van der Waals surface area contributed by atoms with E-state index in [9.17, 15) is 9.59 Å². The van der Waals surface area contributed by atoms with Crippen molar-refractivity contribution in [3.05, 3.63) is 70.8 Å². The second kappa shape index (κ2) is 11.7. The van der Waals surface area contributed by atoms with Crippen molar-refractivity contribution in [2.24, 2.45) is 11.7 Å². The summed E-state index contributed by atoms with van der Waals surface area (Å²) in [5.41, 5.74) is 10.2. The monoisotopic (exact) mass is 408 g/mol. The first-order chi connectivity index (χ1) is 14.4. The molecule has 2 aromatic rings. The SMILES string of the molecule is CC(C)CNCc1ccc(C#Cc2ccc(C(=O)N[C@@H](CN)C(=O)NO)cc2)cc1. The topological polar surface area (TPSA) is 116 Å². The maximum absolute atomic E-state index is 12.2. The number of carbonyl (C=O) groups is 2. The molecular weight excluding hydrogens is 380 g/mol. The molecule has 2 amide bonds. The van der Waals surface area contributed by atoms with Crippen molar-refractivity contribution < 1.29 is 14.8 Å². The Morgan fingerprint density at radius 3 is 2.07 bits per heavy atom. The van der Waals surface area contributed by atoms with Gasteiger partial charge in [-0.25, -0.2) is 5.48 Å². The molecule has 0 aromatic heterocycles. The van der Waals surface area contributed by atoms with Gasteiger partial charge in [0.1, 0.15) is 6.04 Å². The number of hydrogen-bond acceptors (Lipinski definition) is 5. The Balaban J connectivity index is 1.95. The molecule has 0 unspecified atom stereocenters. The van der Waals surface area contributed by atoms with Crippen LogP contribution in [-0.4, -0.2) is 36.2 Å². The lowest BCUT2D eigenvalue weighted by Crippen LogP contribution is -2.50. The van der Waals surface area contributed by atoms with E-state index in [1.54, 1.807) is 24.3 Å². The fraction of sp³-hybridized carbons (Fsp3) is 0.304. The molecule has 7 nitrogen and oxygen atoms in total. The van der Waals surface area contributed by atoms with Crippen LogP contribution in [0.15, 0.2) is 48.5 Å². The lowest BCUT2D eigenvalue weighted by Gasteiger charge is -2.14. The van der Waals surface area contributed by atoms with E-state index < -0.39 is 17.9 Å². The Kier molecular flexibility index (Phi) is 9.03. The van der Waals surface area contributed by atoms with Crippen molar-refractivity contribution in [2.45, 2.75) is 26.4 Å². The van der Waals surface area contributed by atoms with E-state index in [1.165, 1.54) is 11.0 Å². The summed E-state index contributed by atoms with van der Waals surface area (Å²) in [6.45, 7) is 6.04. The molecule has 0 spiro atoms.